The Balaban J connectivity index is 2.38. The van der Waals surface area contributed by atoms with Crippen LogP contribution in [-0.4, -0.2) is 50.3 Å². The summed E-state index contributed by atoms with van der Waals surface area (Å²) in [5.74, 6) is -0.277. The van der Waals surface area contributed by atoms with E-state index in [-0.39, 0.29) is 33.4 Å². The van der Waals surface area contributed by atoms with E-state index in [1.807, 2.05) is 0 Å². The number of rotatable bonds is 3. The number of sulfone groups is 1. The van der Waals surface area contributed by atoms with Crippen LogP contribution in [0.2, 0.25) is 0 Å². The predicted octanol–water partition coefficient (Wildman–Crippen LogP) is 0.342. The van der Waals surface area contributed by atoms with Crippen LogP contribution in [0.1, 0.15) is 12.7 Å². The van der Waals surface area contributed by atoms with Crippen LogP contribution in [0.5, 0.6) is 0 Å². The number of aliphatic hydroxyl groups is 1. The second-order valence-electron chi connectivity index (χ2n) is 4.59. The predicted molar refractivity (Wildman–Crippen MR) is 74.3 cm³/mol. The van der Waals surface area contributed by atoms with E-state index < -0.39 is 32.5 Å². The molecule has 114 valence electrons. The molecule has 0 bridgehead atoms. The average molecular weight is 388 g/mol. The van der Waals surface area contributed by atoms with Gasteiger partial charge in [-0.2, -0.15) is 4.31 Å². The van der Waals surface area contributed by atoms with E-state index in [4.69, 9.17) is 9.52 Å². The Morgan fingerprint density at radius 2 is 2.20 bits per heavy atom. The van der Waals surface area contributed by atoms with Crippen molar-refractivity contribution >= 4 is 35.8 Å². The lowest BCUT2D eigenvalue weighted by molar-refractivity contribution is 0.245. The lowest BCUT2D eigenvalue weighted by atomic mass is 10.4. The summed E-state index contributed by atoms with van der Waals surface area (Å²) in [4.78, 5) is -0.104. The highest BCUT2D eigenvalue weighted by molar-refractivity contribution is 9.10. The third-order valence-electron chi connectivity index (χ3n) is 3.06. The number of hydrogen-bond donors (Lipinski definition) is 1. The molecule has 2 rings (SSSR count). The van der Waals surface area contributed by atoms with Crippen LogP contribution >= 0.6 is 15.9 Å². The highest BCUT2D eigenvalue weighted by atomic mass is 79.9. The maximum Gasteiger partial charge on any atom is 0.247 e. The summed E-state index contributed by atoms with van der Waals surface area (Å²) in [6.07, 6.45) is 0. The minimum absolute atomic E-state index is 0.00202. The minimum atomic E-state index is -3.86. The molecule has 0 amide bonds. The van der Waals surface area contributed by atoms with E-state index in [0.29, 0.717) is 0 Å². The van der Waals surface area contributed by atoms with Crippen molar-refractivity contribution in [3.05, 3.63) is 16.5 Å². The number of sulfonamides is 1. The van der Waals surface area contributed by atoms with Gasteiger partial charge in [0.2, 0.25) is 10.0 Å². The number of aliphatic hydroxyl groups excluding tert-OH is 1. The molecule has 0 aliphatic carbocycles. The fourth-order valence-corrected chi connectivity index (χ4v) is 6.48. The maximum absolute atomic E-state index is 12.5. The van der Waals surface area contributed by atoms with Crippen molar-refractivity contribution in [1.82, 2.24) is 4.31 Å². The van der Waals surface area contributed by atoms with Crippen LogP contribution in [0.15, 0.2) is 20.0 Å². The van der Waals surface area contributed by atoms with E-state index >= 15 is 0 Å². The third kappa shape index (κ3) is 2.93. The zero-order chi connectivity index (χ0) is 15.1. The molecule has 10 heteroatoms. The van der Waals surface area contributed by atoms with Gasteiger partial charge in [0.05, 0.1) is 11.5 Å². The number of nitrogens with zero attached hydrogens (tertiary/aromatic N) is 1. The van der Waals surface area contributed by atoms with Gasteiger partial charge in [-0.1, -0.05) is 0 Å². The normalized spacial score (nSPS) is 23.9. The molecular formula is C10H14BrNO6S2. The first kappa shape index (κ1) is 16.0. The maximum atomic E-state index is 12.5. The summed E-state index contributed by atoms with van der Waals surface area (Å²) >= 11 is 3.00. The Hall–Kier alpha value is -0.420. The first-order valence-electron chi connectivity index (χ1n) is 5.79. The Bertz CT molecular complexity index is 708. The molecule has 1 N–H and O–H groups in total. The standard InChI is InChI=1S/C10H14BrNO6S2/c1-7-6-19(14,15)3-2-12(7)20(16,17)9-4-8(5-13)18-10(9)11/h4,7,13H,2-3,5-6H2,1H3. The van der Waals surface area contributed by atoms with Crippen molar-refractivity contribution in [2.24, 2.45) is 0 Å². The molecule has 20 heavy (non-hydrogen) atoms. The molecule has 1 aliphatic rings. The second kappa shape index (κ2) is 5.41. The topological polar surface area (TPSA) is 105 Å². The molecule has 2 heterocycles. The third-order valence-corrected chi connectivity index (χ3v) is 7.72. The van der Waals surface area contributed by atoms with E-state index in [9.17, 15) is 16.8 Å². The van der Waals surface area contributed by atoms with Gasteiger partial charge >= 0.3 is 0 Å². The lowest BCUT2D eigenvalue weighted by Crippen LogP contribution is -2.49. The van der Waals surface area contributed by atoms with Crippen LogP contribution in [0, 0.1) is 0 Å². The van der Waals surface area contributed by atoms with E-state index in [2.05, 4.69) is 15.9 Å². The minimum Gasteiger partial charge on any atom is -0.450 e. The lowest BCUT2D eigenvalue weighted by Gasteiger charge is -2.31. The number of furan rings is 1. The molecule has 1 unspecified atom stereocenters. The summed E-state index contributed by atoms with van der Waals surface area (Å²) in [5, 5.41) is 8.97. The average Bonchev–Trinajstić information content (AvgIpc) is 2.69. The first-order chi connectivity index (χ1) is 9.17. The fourth-order valence-electron chi connectivity index (χ4n) is 2.12. The Morgan fingerprint density at radius 3 is 2.70 bits per heavy atom. The zero-order valence-corrected chi connectivity index (χ0v) is 13.8. The zero-order valence-electron chi connectivity index (χ0n) is 10.6. The van der Waals surface area contributed by atoms with Crippen molar-refractivity contribution < 1.29 is 26.4 Å². The highest BCUT2D eigenvalue weighted by Gasteiger charge is 2.38. The Kier molecular flexibility index (Phi) is 4.32. The number of halogens is 1. The van der Waals surface area contributed by atoms with E-state index in [0.717, 1.165) is 4.31 Å². The van der Waals surface area contributed by atoms with Crippen LogP contribution in [0.25, 0.3) is 0 Å². The SMILES string of the molecule is CC1CS(=O)(=O)CCN1S(=O)(=O)c1cc(CO)oc1Br. The second-order valence-corrected chi connectivity index (χ2v) is 9.40. The van der Waals surface area contributed by atoms with Gasteiger partial charge in [-0.3, -0.25) is 0 Å². The van der Waals surface area contributed by atoms with Gasteiger partial charge in [-0.05, 0) is 22.9 Å². The van der Waals surface area contributed by atoms with Crippen LogP contribution in [0.3, 0.4) is 0 Å². The number of hydrogen-bond acceptors (Lipinski definition) is 6. The summed E-state index contributed by atoms with van der Waals surface area (Å²) in [7, 11) is -7.06. The molecule has 1 aromatic rings. The van der Waals surface area contributed by atoms with E-state index in [1.165, 1.54) is 6.07 Å². The van der Waals surface area contributed by atoms with Crippen LogP contribution in [0.4, 0.5) is 0 Å². The molecule has 1 fully saturated rings. The van der Waals surface area contributed by atoms with Gasteiger partial charge in [0.15, 0.2) is 14.5 Å². The van der Waals surface area contributed by atoms with Gasteiger partial charge in [0.1, 0.15) is 17.3 Å². The van der Waals surface area contributed by atoms with Crippen molar-refractivity contribution in [3.8, 4) is 0 Å². The molecular weight excluding hydrogens is 374 g/mol. The summed E-state index contributed by atoms with van der Waals surface area (Å²) in [5.41, 5.74) is 0. The molecule has 1 saturated heterocycles. The van der Waals surface area contributed by atoms with Gasteiger partial charge in [-0.15, -0.1) is 0 Å². The largest absolute Gasteiger partial charge is 0.450 e. The van der Waals surface area contributed by atoms with Gasteiger partial charge in [0, 0.05) is 18.7 Å². The van der Waals surface area contributed by atoms with Gasteiger partial charge in [0.25, 0.3) is 0 Å². The van der Waals surface area contributed by atoms with Gasteiger partial charge < -0.3 is 9.52 Å². The summed E-state index contributed by atoms with van der Waals surface area (Å²) in [6, 6.07) is 0.591. The molecule has 0 radical (unpaired) electrons. The summed E-state index contributed by atoms with van der Waals surface area (Å²) < 4.78 is 54.3. The molecule has 1 aliphatic heterocycles. The highest BCUT2D eigenvalue weighted by Crippen LogP contribution is 2.30. The Labute approximate surface area is 125 Å². The fraction of sp³-hybridized carbons (Fsp3) is 0.600. The molecule has 0 spiro atoms. The van der Waals surface area contributed by atoms with Crippen LogP contribution in [-0.2, 0) is 26.5 Å². The molecule has 1 aromatic heterocycles. The van der Waals surface area contributed by atoms with Crippen molar-refractivity contribution in [2.45, 2.75) is 24.5 Å². The van der Waals surface area contributed by atoms with E-state index in [1.54, 1.807) is 6.92 Å². The quantitative estimate of drug-likeness (QED) is 0.801. The van der Waals surface area contributed by atoms with Crippen molar-refractivity contribution in [1.29, 1.82) is 0 Å². The van der Waals surface area contributed by atoms with Gasteiger partial charge in [-0.25, -0.2) is 16.8 Å². The monoisotopic (exact) mass is 387 g/mol. The van der Waals surface area contributed by atoms with Crippen molar-refractivity contribution in [3.63, 3.8) is 0 Å². The van der Waals surface area contributed by atoms with Crippen LogP contribution < -0.4 is 0 Å². The first-order valence-corrected chi connectivity index (χ1v) is 9.84. The Morgan fingerprint density at radius 1 is 1.55 bits per heavy atom. The molecule has 7 nitrogen and oxygen atoms in total. The summed E-state index contributed by atoms with van der Waals surface area (Å²) in [6.45, 7) is 1.05. The molecule has 0 aromatic carbocycles. The smallest absolute Gasteiger partial charge is 0.247 e. The molecule has 0 saturated carbocycles. The van der Waals surface area contributed by atoms with Crippen molar-refractivity contribution in [2.75, 3.05) is 18.1 Å². The molecule has 1 atom stereocenters.